The van der Waals surface area contributed by atoms with Gasteiger partial charge in [-0.25, -0.2) is 4.68 Å². The van der Waals surface area contributed by atoms with Gasteiger partial charge in [-0.05, 0) is 6.92 Å². The lowest BCUT2D eigenvalue weighted by atomic mass is 10.2. The lowest BCUT2D eigenvalue weighted by molar-refractivity contribution is -0.137. The lowest BCUT2D eigenvalue weighted by Crippen LogP contribution is -2.11. The molecule has 82 valence electrons. The van der Waals surface area contributed by atoms with E-state index in [0.29, 0.717) is 5.82 Å². The number of aromatic nitrogens is 3. The minimum atomic E-state index is -0.904. The SMILES string of the molecule is CC(=O)Nc1cn(C(C)CC(=O)O)nn1. The number of hydrogen-bond donors (Lipinski definition) is 2. The van der Waals surface area contributed by atoms with Crippen LogP contribution in [-0.2, 0) is 9.59 Å². The molecular weight excluding hydrogens is 200 g/mol. The molecule has 1 amide bonds. The van der Waals surface area contributed by atoms with Gasteiger partial charge in [-0.3, -0.25) is 9.59 Å². The van der Waals surface area contributed by atoms with Gasteiger partial charge in [-0.15, -0.1) is 5.10 Å². The molecule has 0 fully saturated rings. The van der Waals surface area contributed by atoms with Crippen LogP contribution in [0.5, 0.6) is 0 Å². The average molecular weight is 212 g/mol. The number of carboxylic acids is 1. The quantitative estimate of drug-likeness (QED) is 0.746. The predicted molar refractivity (Wildman–Crippen MR) is 51.3 cm³/mol. The molecule has 0 saturated carbocycles. The van der Waals surface area contributed by atoms with Crippen molar-refractivity contribution in [2.45, 2.75) is 26.3 Å². The van der Waals surface area contributed by atoms with Crippen molar-refractivity contribution < 1.29 is 14.7 Å². The zero-order chi connectivity index (χ0) is 11.4. The molecular formula is C8H12N4O3. The summed E-state index contributed by atoms with van der Waals surface area (Å²) >= 11 is 0. The van der Waals surface area contributed by atoms with Crippen LogP contribution in [0, 0.1) is 0 Å². The summed E-state index contributed by atoms with van der Waals surface area (Å²) in [5, 5.41) is 18.4. The number of carbonyl (C=O) groups is 2. The Balaban J connectivity index is 2.66. The number of hydrogen-bond acceptors (Lipinski definition) is 4. The van der Waals surface area contributed by atoms with Crippen molar-refractivity contribution in [1.82, 2.24) is 15.0 Å². The summed E-state index contributed by atoms with van der Waals surface area (Å²) in [6.45, 7) is 3.07. The van der Waals surface area contributed by atoms with Crippen molar-refractivity contribution in [2.75, 3.05) is 5.32 Å². The van der Waals surface area contributed by atoms with E-state index < -0.39 is 5.97 Å². The van der Waals surface area contributed by atoms with E-state index in [1.807, 2.05) is 0 Å². The van der Waals surface area contributed by atoms with E-state index in [0.717, 1.165) is 0 Å². The normalized spacial score (nSPS) is 12.1. The molecule has 2 N–H and O–H groups in total. The van der Waals surface area contributed by atoms with Gasteiger partial charge in [-0.1, -0.05) is 5.21 Å². The van der Waals surface area contributed by atoms with Crippen LogP contribution >= 0.6 is 0 Å². The van der Waals surface area contributed by atoms with Crippen LogP contribution in [0.3, 0.4) is 0 Å². The second-order valence-corrected chi connectivity index (χ2v) is 3.21. The number of aliphatic carboxylic acids is 1. The monoisotopic (exact) mass is 212 g/mol. The van der Waals surface area contributed by atoms with Gasteiger partial charge in [0.2, 0.25) is 5.91 Å². The fourth-order valence-corrected chi connectivity index (χ4v) is 1.08. The van der Waals surface area contributed by atoms with Crippen LogP contribution in [0.25, 0.3) is 0 Å². The van der Waals surface area contributed by atoms with Gasteiger partial charge in [0.25, 0.3) is 0 Å². The topological polar surface area (TPSA) is 97.1 Å². The molecule has 0 aliphatic heterocycles. The van der Waals surface area contributed by atoms with Crippen molar-refractivity contribution in [1.29, 1.82) is 0 Å². The van der Waals surface area contributed by atoms with Crippen LogP contribution in [0.15, 0.2) is 6.20 Å². The molecule has 0 aliphatic carbocycles. The summed E-state index contributed by atoms with van der Waals surface area (Å²) in [7, 11) is 0. The molecule has 0 bridgehead atoms. The molecule has 1 heterocycles. The van der Waals surface area contributed by atoms with Crippen LogP contribution in [0.2, 0.25) is 0 Å². The minimum absolute atomic E-state index is 0.0388. The van der Waals surface area contributed by atoms with E-state index in [1.165, 1.54) is 17.8 Å². The molecule has 1 aromatic heterocycles. The summed E-state index contributed by atoms with van der Waals surface area (Å²) in [4.78, 5) is 21.1. The Labute approximate surface area is 86.1 Å². The van der Waals surface area contributed by atoms with Gasteiger partial charge in [0.05, 0.1) is 18.7 Å². The molecule has 0 radical (unpaired) electrons. The highest BCUT2D eigenvalue weighted by atomic mass is 16.4. The molecule has 7 nitrogen and oxygen atoms in total. The van der Waals surface area contributed by atoms with Crippen molar-refractivity contribution in [3.8, 4) is 0 Å². The van der Waals surface area contributed by atoms with Crippen molar-refractivity contribution in [3.05, 3.63) is 6.20 Å². The van der Waals surface area contributed by atoms with Crippen LogP contribution in [0.4, 0.5) is 5.82 Å². The van der Waals surface area contributed by atoms with Gasteiger partial charge in [0.15, 0.2) is 5.82 Å². The van der Waals surface area contributed by atoms with E-state index in [9.17, 15) is 9.59 Å². The molecule has 1 rings (SSSR count). The van der Waals surface area contributed by atoms with Crippen LogP contribution in [0.1, 0.15) is 26.3 Å². The van der Waals surface area contributed by atoms with Crippen LogP contribution in [-0.4, -0.2) is 32.0 Å². The second kappa shape index (κ2) is 4.54. The Morgan fingerprint density at radius 3 is 2.87 bits per heavy atom. The maximum Gasteiger partial charge on any atom is 0.305 e. The third-order valence-corrected chi connectivity index (χ3v) is 1.74. The van der Waals surface area contributed by atoms with Gasteiger partial charge in [0.1, 0.15) is 0 Å². The van der Waals surface area contributed by atoms with E-state index in [-0.39, 0.29) is 18.4 Å². The molecule has 0 spiro atoms. The highest BCUT2D eigenvalue weighted by molar-refractivity contribution is 5.87. The fourth-order valence-electron chi connectivity index (χ4n) is 1.08. The Kier molecular flexibility index (Phi) is 3.37. The van der Waals surface area contributed by atoms with Crippen molar-refractivity contribution >= 4 is 17.7 Å². The lowest BCUT2D eigenvalue weighted by Gasteiger charge is -2.06. The zero-order valence-electron chi connectivity index (χ0n) is 8.47. The summed E-state index contributed by atoms with van der Waals surface area (Å²) in [5.41, 5.74) is 0. The second-order valence-electron chi connectivity index (χ2n) is 3.21. The highest BCUT2D eigenvalue weighted by Gasteiger charge is 2.11. The third-order valence-electron chi connectivity index (χ3n) is 1.74. The van der Waals surface area contributed by atoms with Gasteiger partial charge < -0.3 is 10.4 Å². The van der Waals surface area contributed by atoms with E-state index in [1.54, 1.807) is 6.92 Å². The number of amides is 1. The first-order valence-corrected chi connectivity index (χ1v) is 4.40. The number of carbonyl (C=O) groups excluding carboxylic acids is 1. The number of rotatable bonds is 4. The number of nitrogens with zero attached hydrogens (tertiary/aromatic N) is 3. The summed E-state index contributed by atoms with van der Waals surface area (Å²) in [6.07, 6.45) is 1.46. The Morgan fingerprint density at radius 2 is 2.33 bits per heavy atom. The molecule has 1 unspecified atom stereocenters. The number of anilines is 1. The van der Waals surface area contributed by atoms with Gasteiger partial charge in [-0.2, -0.15) is 0 Å². The molecule has 7 heteroatoms. The molecule has 1 aromatic rings. The van der Waals surface area contributed by atoms with Gasteiger partial charge in [0, 0.05) is 6.92 Å². The summed E-state index contributed by atoms with van der Waals surface area (Å²) in [6, 6.07) is -0.294. The van der Waals surface area contributed by atoms with E-state index in [4.69, 9.17) is 5.11 Å². The smallest absolute Gasteiger partial charge is 0.305 e. The first-order chi connectivity index (χ1) is 6.99. The van der Waals surface area contributed by atoms with Crippen molar-refractivity contribution in [3.63, 3.8) is 0 Å². The van der Waals surface area contributed by atoms with E-state index in [2.05, 4.69) is 15.6 Å². The largest absolute Gasteiger partial charge is 0.481 e. The maximum absolute atomic E-state index is 10.7. The standard InChI is InChI=1S/C8H12N4O3/c1-5(3-8(14)15)12-4-7(10-11-12)9-6(2)13/h4-5H,3H2,1-2H3,(H,9,13)(H,14,15). The predicted octanol–water partition coefficient (Wildman–Crippen LogP) is 0.272. The first kappa shape index (κ1) is 11.2. The Bertz CT molecular complexity index is 374. The third kappa shape index (κ3) is 3.37. The zero-order valence-corrected chi connectivity index (χ0v) is 8.47. The Morgan fingerprint density at radius 1 is 1.67 bits per heavy atom. The van der Waals surface area contributed by atoms with Crippen molar-refractivity contribution in [2.24, 2.45) is 0 Å². The molecule has 0 aromatic carbocycles. The molecule has 0 saturated heterocycles. The van der Waals surface area contributed by atoms with E-state index >= 15 is 0 Å². The Hall–Kier alpha value is -1.92. The highest BCUT2D eigenvalue weighted by Crippen LogP contribution is 2.11. The van der Waals surface area contributed by atoms with Crippen LogP contribution < -0.4 is 5.32 Å². The fraction of sp³-hybridized carbons (Fsp3) is 0.500. The summed E-state index contributed by atoms with van der Waals surface area (Å²) in [5.74, 6) is -0.827. The first-order valence-electron chi connectivity index (χ1n) is 4.40. The number of nitrogens with one attached hydrogen (secondary N) is 1. The maximum atomic E-state index is 10.7. The minimum Gasteiger partial charge on any atom is -0.481 e. The average Bonchev–Trinajstić information content (AvgIpc) is 2.50. The molecule has 15 heavy (non-hydrogen) atoms. The summed E-state index contributed by atoms with van der Waals surface area (Å²) < 4.78 is 1.40. The van der Waals surface area contributed by atoms with Gasteiger partial charge >= 0.3 is 5.97 Å². The number of carboxylic acid groups (broad SMARTS) is 1. The molecule has 0 aliphatic rings. The molecule has 1 atom stereocenters.